The van der Waals surface area contributed by atoms with Crippen molar-refractivity contribution >= 4 is 85.0 Å². The first-order chi connectivity index (χ1) is 55.4. The molecule has 12 aliphatic rings. The van der Waals surface area contributed by atoms with E-state index in [0.717, 1.165) is 51.4 Å². The van der Waals surface area contributed by atoms with Gasteiger partial charge in [0.25, 0.3) is 19.4 Å². The molecule has 3 N–H and O–H groups in total. The predicted molar refractivity (Wildman–Crippen MR) is 410 cm³/mol. The van der Waals surface area contributed by atoms with E-state index in [1.54, 1.807) is 0 Å². The van der Waals surface area contributed by atoms with Gasteiger partial charge in [0.2, 0.25) is 0 Å². The Bertz CT molecular complexity index is 4160. The zero-order valence-electron chi connectivity index (χ0n) is 70.5. The first-order valence-electron chi connectivity index (χ1n) is 42.9. The third-order valence-corrected chi connectivity index (χ3v) is 37.3. The number of aliphatic hydroxyl groups excluding tert-OH is 3. The predicted octanol–water partition coefficient (Wildman–Crippen LogP) is 11.5. The summed E-state index contributed by atoms with van der Waals surface area (Å²) < 4.78 is 210. The number of ketones is 3. The molecule has 6 unspecified atom stereocenters. The summed E-state index contributed by atoms with van der Waals surface area (Å²) in [5.41, 5.74) is -2.15. The van der Waals surface area contributed by atoms with Crippen molar-refractivity contribution in [3.8, 4) is 0 Å². The Balaban J connectivity index is 0.000000190. The number of aliphatic hydroxyl groups is 3. The highest BCUT2D eigenvalue weighted by molar-refractivity contribution is 7.87. The smallest absolute Gasteiger partial charge is 0.369 e. The van der Waals surface area contributed by atoms with Gasteiger partial charge in [-0.15, -0.1) is 0 Å². The Morgan fingerprint density at radius 3 is 1.40 bits per heavy atom. The van der Waals surface area contributed by atoms with Crippen LogP contribution >= 0.6 is 0 Å². The van der Waals surface area contributed by atoms with E-state index in [0.29, 0.717) is 130 Å². The number of carbonyl (C=O) groups is 9. The van der Waals surface area contributed by atoms with E-state index in [-0.39, 0.29) is 191 Å². The summed E-state index contributed by atoms with van der Waals surface area (Å²) in [6.45, 7) is 22.0. The Morgan fingerprint density at radius 2 is 0.908 bits per heavy atom. The number of esters is 3. The van der Waals surface area contributed by atoms with Crippen LogP contribution in [-0.2, 0) is 102 Å². The Kier molecular flexibility index (Phi) is 28.9. The summed E-state index contributed by atoms with van der Waals surface area (Å²) in [6.07, 6.45) is 4.11. The quantitative estimate of drug-likeness (QED) is 0.0226. The van der Waals surface area contributed by atoms with E-state index >= 15 is 0 Å². The van der Waals surface area contributed by atoms with Crippen molar-refractivity contribution < 1.29 is 152 Å². The van der Waals surface area contributed by atoms with Crippen LogP contribution in [0.3, 0.4) is 0 Å². The van der Waals surface area contributed by atoms with Gasteiger partial charge in [-0.25, -0.2) is 25.3 Å². The summed E-state index contributed by atoms with van der Waals surface area (Å²) in [5, 5.41) is 19.0. The molecule has 0 aliphatic heterocycles. The van der Waals surface area contributed by atoms with Gasteiger partial charge in [0, 0.05) is 67.6 Å². The molecule has 0 heterocycles. The molecule has 0 spiro atoms. The fourth-order valence-corrected chi connectivity index (χ4v) is 28.9. The zero-order chi connectivity index (χ0) is 89.5. The average molecular weight is 1780 g/mol. The third-order valence-electron chi connectivity index (χ3n) is 34.3. The maximum atomic E-state index is 13.8. The molecule has 684 valence electrons. The summed E-state index contributed by atoms with van der Waals surface area (Å²) in [6, 6.07) is 0. The Labute approximate surface area is 699 Å². The SMILES string of the molecule is CC(CCC(=O)OC(C)C(F)(F)S(=O)(=O)[O-])[C@H]1CC[C@H]2[C@@H]3C(=O)C[C@@H]4CC(=O)CC[C@]4(C)[C@H]3CC(=O)[C@]12C.CC(CCC(=O)OC(C)C(F)(F)S(=O)(=O)[O-])[C@H]1CC[C@H]2[C@@H]3[C@H](O)C[C@@H]4C[C@H](O)CC[C@]4(C)[C@H]3C[C@H](O)[C@]12C.CC(CCC(=O)OC(C)C(F)(F)S(=O)(=O)[O-])[C@H]1CC[C@H]2[C@@H]3[C@H](OC=O)C[C@@H]4C[C@H](OC=O)CC[C@]4(C)[C@H]3C[C@H](OC=O)[C@]12C. The molecule has 36 heteroatoms. The standard InChI is InChI=1S/C30H44F2O11S.C27H44F2O8S.C27H38F2O8S/c1-17(5-8-26(36)43-18(2)30(31,32)44(37,38)39)21-6-7-22-27-23(13-25(42-16-35)29(21,22)4)28(3)10-9-20(40-14-33)11-19(28)12-24(27)41-15-34;2*1-14(5-8-23(33)37-15(2)27(28,29)38(34,35)36)18-6-7-19-24-20(13-22(32)26(18,19)4)25(3)10-9-17(30)11-16(25)12-21(24)31/h14-25,27H,5-13H2,1-4H3,(H,37,38,39);14-22,24,30-32H,5-13H2,1-4H3,(H,34,35,36);14-16,18-20,24H,5-13H2,1-4H3,(H,34,35,36)/p-3/t17?,18?,19-,20+,21+,22-,23-,24+,25-,27-,28-,29+;14?,15?,16-,17+,18+,19-,20-,21+,22-,24-,25-,26+;14?,15?,16-,18+,19-,20-,24-,25-,26+/m000/s1. The molecule has 12 saturated carbocycles. The second kappa shape index (κ2) is 35.7. The van der Waals surface area contributed by atoms with E-state index in [1.807, 2.05) is 27.7 Å². The lowest BCUT2D eigenvalue weighted by Gasteiger charge is -2.64. The minimum atomic E-state index is -6.02. The van der Waals surface area contributed by atoms with E-state index < -0.39 is 117 Å². The molecule has 0 amide bonds. The number of hydrogen-bond donors (Lipinski definition) is 3. The molecule has 12 rings (SSSR count). The lowest BCUT2D eigenvalue weighted by atomic mass is 9.43. The zero-order valence-corrected chi connectivity index (χ0v) is 73.0. The molecule has 0 aromatic carbocycles. The van der Waals surface area contributed by atoms with Gasteiger partial charge >= 0.3 is 33.7 Å². The van der Waals surface area contributed by atoms with E-state index in [1.165, 1.54) is 0 Å². The van der Waals surface area contributed by atoms with Crippen LogP contribution < -0.4 is 0 Å². The Morgan fingerprint density at radius 1 is 0.475 bits per heavy atom. The monoisotopic (exact) mass is 1770 g/mol. The lowest BCUT2D eigenvalue weighted by Crippen LogP contribution is -2.63. The van der Waals surface area contributed by atoms with Crippen molar-refractivity contribution in [3.63, 3.8) is 0 Å². The van der Waals surface area contributed by atoms with Crippen LogP contribution in [0.4, 0.5) is 26.3 Å². The van der Waals surface area contributed by atoms with Crippen LogP contribution in [0.2, 0.25) is 0 Å². The normalized spacial score (nSPS) is 41.2. The van der Waals surface area contributed by atoms with Gasteiger partial charge < -0.3 is 57.4 Å². The number of rotatable bonds is 27. The summed E-state index contributed by atoms with van der Waals surface area (Å²) in [7, 11) is -18.0. The first-order valence-corrected chi connectivity index (χ1v) is 47.1. The summed E-state index contributed by atoms with van der Waals surface area (Å²) in [5.74, 6) is -2.73. The van der Waals surface area contributed by atoms with Crippen LogP contribution in [0.25, 0.3) is 0 Å². The van der Waals surface area contributed by atoms with Gasteiger partial charge in [0.15, 0.2) is 48.7 Å². The minimum absolute atomic E-state index is 0.000720. The third kappa shape index (κ3) is 17.7. The number of ether oxygens (including phenoxy) is 6. The van der Waals surface area contributed by atoms with Crippen LogP contribution in [-0.4, -0.2) is 180 Å². The number of hydrogen-bond acceptors (Lipinski definition) is 27. The highest BCUT2D eigenvalue weighted by atomic mass is 32.2. The van der Waals surface area contributed by atoms with Crippen molar-refractivity contribution in [2.75, 3.05) is 0 Å². The van der Waals surface area contributed by atoms with Gasteiger partial charge in [0.1, 0.15) is 35.7 Å². The fourth-order valence-electron chi connectivity index (χ4n) is 27.5. The van der Waals surface area contributed by atoms with Crippen molar-refractivity contribution in [1.82, 2.24) is 0 Å². The summed E-state index contributed by atoms with van der Waals surface area (Å²) in [4.78, 5) is 111. The van der Waals surface area contributed by atoms with Crippen molar-refractivity contribution in [1.29, 1.82) is 0 Å². The highest BCUT2D eigenvalue weighted by Gasteiger charge is 2.71. The van der Waals surface area contributed by atoms with Crippen LogP contribution in [0.5, 0.6) is 0 Å². The number of alkyl halides is 6. The molecule has 33 atom stereocenters. The van der Waals surface area contributed by atoms with Crippen molar-refractivity contribution in [2.45, 2.75) is 327 Å². The highest BCUT2D eigenvalue weighted by Crippen LogP contribution is 2.72. The van der Waals surface area contributed by atoms with Gasteiger partial charge in [0.05, 0.1) is 18.3 Å². The second-order valence-corrected chi connectivity index (χ2v) is 44.0. The Hall–Kier alpha value is -4.98. The van der Waals surface area contributed by atoms with Gasteiger partial charge in [-0.1, -0.05) is 62.3 Å². The van der Waals surface area contributed by atoms with E-state index in [9.17, 15) is 124 Å². The molecule has 0 saturated heterocycles. The number of halogens is 6. The average Bonchev–Trinajstić information content (AvgIpc) is 1.50. The second-order valence-electron chi connectivity index (χ2n) is 39.6. The van der Waals surface area contributed by atoms with Gasteiger partial charge in [-0.3, -0.25) is 43.2 Å². The largest absolute Gasteiger partial charge is 0.743 e. The number of fused-ring (bicyclic) bond motifs is 15. The molecule has 12 fully saturated rings. The maximum absolute atomic E-state index is 13.8. The van der Waals surface area contributed by atoms with Crippen LogP contribution in [0, 0.1) is 139 Å². The molecule has 0 radical (unpaired) electrons. The molecule has 12 aliphatic carbocycles. The molecule has 0 bridgehead atoms. The van der Waals surface area contributed by atoms with Crippen molar-refractivity contribution in [3.05, 3.63) is 0 Å². The fraction of sp³-hybridized carbons (Fsp3) is 0.893. The first kappa shape index (κ1) is 97.2. The number of Topliss-reactive ketones (excluding diaryl/α,β-unsaturated/α-hetero) is 3. The number of carbonyl (C=O) groups excluding carboxylic acids is 9. The van der Waals surface area contributed by atoms with Crippen molar-refractivity contribution in [2.24, 2.45) is 139 Å². The van der Waals surface area contributed by atoms with E-state index in [2.05, 4.69) is 48.8 Å². The van der Waals surface area contributed by atoms with Crippen LogP contribution in [0.15, 0.2) is 0 Å². The topological polar surface area (TPSA) is 441 Å². The molecule has 27 nitrogen and oxygen atoms in total. The van der Waals surface area contributed by atoms with Crippen LogP contribution in [0.1, 0.15) is 256 Å². The maximum Gasteiger partial charge on any atom is 0.369 e. The molecular weight excluding hydrogens is 1650 g/mol. The lowest BCUT2D eigenvalue weighted by molar-refractivity contribution is -0.218. The van der Waals surface area contributed by atoms with Gasteiger partial charge in [-0.2, -0.15) is 26.3 Å². The molecular formula is C84H123F6O27S3-3. The molecule has 0 aromatic rings. The van der Waals surface area contributed by atoms with E-state index in [4.69, 9.17) is 14.2 Å². The molecule has 120 heavy (non-hydrogen) atoms. The minimum Gasteiger partial charge on any atom is -0.743 e. The summed E-state index contributed by atoms with van der Waals surface area (Å²) >= 11 is 0. The molecule has 0 aromatic heterocycles. The van der Waals surface area contributed by atoms with Gasteiger partial charge in [-0.05, 0) is 266 Å².